The Balaban J connectivity index is 1.44. The van der Waals surface area contributed by atoms with Gasteiger partial charge in [0.2, 0.25) is 0 Å². The molecule has 0 bridgehead atoms. The molecule has 1 saturated carbocycles. The molecule has 0 N–H and O–H groups in total. The topological polar surface area (TPSA) is 56.6 Å². The molecule has 1 amide bonds. The molecule has 20 heavy (non-hydrogen) atoms. The van der Waals surface area contributed by atoms with E-state index >= 15 is 0 Å². The Kier molecular flexibility index (Phi) is 3.11. The molecule has 110 valence electrons. The number of hydrogen-bond donors (Lipinski definition) is 0. The van der Waals surface area contributed by atoms with Gasteiger partial charge < -0.3 is 14.4 Å². The number of carbonyl (C=O) groups is 1. The summed E-state index contributed by atoms with van der Waals surface area (Å²) in [6, 6.07) is 0.562. The lowest BCUT2D eigenvalue weighted by molar-refractivity contribution is -0.0221. The van der Waals surface area contributed by atoms with Gasteiger partial charge in [0.05, 0.1) is 31.5 Å². The summed E-state index contributed by atoms with van der Waals surface area (Å²) >= 11 is 0. The first-order valence-corrected chi connectivity index (χ1v) is 7.09. The Morgan fingerprint density at radius 2 is 2.05 bits per heavy atom. The number of nitrogens with zero attached hydrogens (tertiary/aromatic N) is 3. The predicted molar refractivity (Wildman–Crippen MR) is 72.7 cm³/mol. The molecule has 3 rings (SSSR count). The van der Waals surface area contributed by atoms with Crippen LogP contribution in [-0.4, -0.2) is 45.6 Å². The van der Waals surface area contributed by atoms with Crippen LogP contribution < -0.4 is 4.74 Å². The van der Waals surface area contributed by atoms with E-state index in [2.05, 4.69) is 5.10 Å². The van der Waals surface area contributed by atoms with Gasteiger partial charge in [-0.1, -0.05) is 0 Å². The lowest BCUT2D eigenvalue weighted by Crippen LogP contribution is -2.57. The third kappa shape index (κ3) is 3.05. The van der Waals surface area contributed by atoms with E-state index in [9.17, 15) is 4.79 Å². The molecule has 2 fully saturated rings. The molecule has 0 radical (unpaired) electrons. The van der Waals surface area contributed by atoms with Gasteiger partial charge in [-0.05, 0) is 33.6 Å². The van der Waals surface area contributed by atoms with Gasteiger partial charge >= 0.3 is 6.09 Å². The zero-order valence-electron chi connectivity index (χ0n) is 12.2. The Morgan fingerprint density at radius 3 is 2.65 bits per heavy atom. The SMILES string of the molecule is CC(C)(C)OC(=O)N1CC(Oc2cnn(C3CC3)c2)C1. The minimum absolute atomic E-state index is 0.0411. The van der Waals surface area contributed by atoms with E-state index in [4.69, 9.17) is 9.47 Å². The van der Waals surface area contributed by atoms with Gasteiger partial charge in [0.1, 0.15) is 11.7 Å². The third-order valence-electron chi connectivity index (χ3n) is 3.30. The average Bonchev–Trinajstić information content (AvgIpc) is 3.01. The monoisotopic (exact) mass is 279 g/mol. The number of amides is 1. The molecule has 0 spiro atoms. The number of likely N-dealkylation sites (tertiary alicyclic amines) is 1. The highest BCUT2D eigenvalue weighted by Crippen LogP contribution is 2.35. The van der Waals surface area contributed by atoms with Gasteiger partial charge in [-0.2, -0.15) is 5.10 Å². The first-order chi connectivity index (χ1) is 9.40. The first-order valence-electron chi connectivity index (χ1n) is 7.09. The van der Waals surface area contributed by atoms with Crippen LogP contribution >= 0.6 is 0 Å². The van der Waals surface area contributed by atoms with Crippen LogP contribution in [0.5, 0.6) is 5.75 Å². The van der Waals surface area contributed by atoms with Crippen LogP contribution in [0.3, 0.4) is 0 Å². The molecule has 2 heterocycles. The van der Waals surface area contributed by atoms with Crippen molar-refractivity contribution in [3.05, 3.63) is 12.4 Å². The molecular weight excluding hydrogens is 258 g/mol. The average molecular weight is 279 g/mol. The molecule has 0 atom stereocenters. The van der Waals surface area contributed by atoms with Crippen LogP contribution in [0.4, 0.5) is 4.79 Å². The van der Waals surface area contributed by atoms with Gasteiger partial charge in [-0.15, -0.1) is 0 Å². The standard InChI is InChI=1S/C14H21N3O3/c1-14(2,3)20-13(18)16-7-12(8-16)19-11-6-15-17(9-11)10-4-5-10/h6,9-10,12H,4-5,7-8H2,1-3H3. The van der Waals surface area contributed by atoms with Gasteiger partial charge in [0.15, 0.2) is 5.75 Å². The van der Waals surface area contributed by atoms with Crippen molar-refractivity contribution in [3.8, 4) is 5.75 Å². The zero-order valence-corrected chi connectivity index (χ0v) is 12.2. The third-order valence-corrected chi connectivity index (χ3v) is 3.30. The lowest BCUT2D eigenvalue weighted by Gasteiger charge is -2.39. The number of aromatic nitrogens is 2. The fraction of sp³-hybridized carbons (Fsp3) is 0.714. The smallest absolute Gasteiger partial charge is 0.410 e. The quantitative estimate of drug-likeness (QED) is 0.851. The molecule has 0 aromatic carbocycles. The highest BCUT2D eigenvalue weighted by atomic mass is 16.6. The molecule has 0 unspecified atom stereocenters. The molecule has 1 aromatic heterocycles. The maximum absolute atomic E-state index is 11.8. The summed E-state index contributed by atoms with van der Waals surface area (Å²) in [6.07, 6.45) is 5.86. The Morgan fingerprint density at radius 1 is 1.35 bits per heavy atom. The van der Waals surface area contributed by atoms with Crippen molar-refractivity contribution in [1.29, 1.82) is 0 Å². The molecule has 6 heteroatoms. The van der Waals surface area contributed by atoms with Crippen LogP contribution in [0.25, 0.3) is 0 Å². The fourth-order valence-electron chi connectivity index (χ4n) is 2.10. The first kappa shape index (κ1) is 13.3. The van der Waals surface area contributed by atoms with Crippen LogP contribution in [-0.2, 0) is 4.74 Å². The highest BCUT2D eigenvalue weighted by molar-refractivity contribution is 5.69. The summed E-state index contributed by atoms with van der Waals surface area (Å²) in [7, 11) is 0. The van der Waals surface area contributed by atoms with Crippen molar-refractivity contribution in [2.45, 2.75) is 51.4 Å². The molecule has 1 aromatic rings. The normalized spacial score (nSPS) is 19.6. The molecule has 2 aliphatic rings. The van der Waals surface area contributed by atoms with Crippen molar-refractivity contribution in [2.75, 3.05) is 13.1 Å². The van der Waals surface area contributed by atoms with E-state index in [1.807, 2.05) is 31.6 Å². The largest absolute Gasteiger partial charge is 0.483 e. The van der Waals surface area contributed by atoms with E-state index in [-0.39, 0.29) is 12.2 Å². The molecule has 1 saturated heterocycles. The maximum Gasteiger partial charge on any atom is 0.410 e. The number of hydrogen-bond acceptors (Lipinski definition) is 4. The van der Waals surface area contributed by atoms with E-state index in [1.54, 1.807) is 11.1 Å². The minimum atomic E-state index is -0.450. The van der Waals surface area contributed by atoms with Crippen molar-refractivity contribution >= 4 is 6.09 Å². The van der Waals surface area contributed by atoms with Crippen molar-refractivity contribution < 1.29 is 14.3 Å². The second kappa shape index (κ2) is 4.68. The lowest BCUT2D eigenvalue weighted by atomic mass is 10.2. The molecule has 1 aliphatic heterocycles. The number of carbonyl (C=O) groups excluding carboxylic acids is 1. The maximum atomic E-state index is 11.8. The van der Waals surface area contributed by atoms with Gasteiger partial charge in [-0.3, -0.25) is 4.68 Å². The van der Waals surface area contributed by atoms with Gasteiger partial charge in [-0.25, -0.2) is 4.79 Å². The number of rotatable bonds is 3. The van der Waals surface area contributed by atoms with Crippen LogP contribution in [0.2, 0.25) is 0 Å². The highest BCUT2D eigenvalue weighted by Gasteiger charge is 2.35. The van der Waals surface area contributed by atoms with Crippen LogP contribution in [0, 0.1) is 0 Å². The number of ether oxygens (including phenoxy) is 2. The Bertz CT molecular complexity index is 496. The predicted octanol–water partition coefficient (Wildman–Crippen LogP) is 2.22. The summed E-state index contributed by atoms with van der Waals surface area (Å²) in [5.74, 6) is 0.783. The van der Waals surface area contributed by atoms with E-state index in [0.717, 1.165) is 5.75 Å². The van der Waals surface area contributed by atoms with Gasteiger partial charge in [0, 0.05) is 0 Å². The Labute approximate surface area is 118 Å². The molecular formula is C14H21N3O3. The summed E-state index contributed by atoms with van der Waals surface area (Å²) in [4.78, 5) is 13.4. The second-order valence-corrected chi connectivity index (χ2v) is 6.51. The van der Waals surface area contributed by atoms with Crippen molar-refractivity contribution in [3.63, 3.8) is 0 Å². The van der Waals surface area contributed by atoms with Crippen molar-refractivity contribution in [1.82, 2.24) is 14.7 Å². The Hall–Kier alpha value is -1.72. The minimum Gasteiger partial charge on any atom is -0.483 e. The van der Waals surface area contributed by atoms with Crippen LogP contribution in [0.15, 0.2) is 12.4 Å². The fourth-order valence-corrected chi connectivity index (χ4v) is 2.10. The molecule has 1 aliphatic carbocycles. The van der Waals surface area contributed by atoms with Crippen molar-refractivity contribution in [2.24, 2.45) is 0 Å². The summed E-state index contributed by atoms with van der Waals surface area (Å²) < 4.78 is 13.0. The molecule has 6 nitrogen and oxygen atoms in total. The van der Waals surface area contributed by atoms with Crippen LogP contribution in [0.1, 0.15) is 39.7 Å². The van der Waals surface area contributed by atoms with E-state index in [0.29, 0.717) is 19.1 Å². The summed E-state index contributed by atoms with van der Waals surface area (Å²) in [5.41, 5.74) is -0.450. The van der Waals surface area contributed by atoms with E-state index < -0.39 is 5.60 Å². The van der Waals surface area contributed by atoms with E-state index in [1.165, 1.54) is 12.8 Å². The van der Waals surface area contributed by atoms with Gasteiger partial charge in [0.25, 0.3) is 0 Å². The summed E-state index contributed by atoms with van der Waals surface area (Å²) in [5, 5.41) is 4.28. The zero-order chi connectivity index (χ0) is 14.3. The second-order valence-electron chi connectivity index (χ2n) is 6.51. The summed E-state index contributed by atoms with van der Waals surface area (Å²) in [6.45, 7) is 6.74.